The first-order valence-electron chi connectivity index (χ1n) is 7.75. The number of carbonyl (C=O) groups is 2. The Balaban J connectivity index is 1.64. The maximum Gasteiger partial charge on any atom is 0.327 e. The number of nitrogens with one attached hydrogen (secondary N) is 1. The Morgan fingerprint density at radius 2 is 2.05 bits per heavy atom. The molecule has 3 saturated heterocycles. The lowest BCUT2D eigenvalue weighted by atomic mass is 9.99. The second-order valence-electron chi connectivity index (χ2n) is 6.14. The Kier molecular flexibility index (Phi) is 4.31. The fourth-order valence-corrected chi connectivity index (χ4v) is 4.96. The van der Waals surface area contributed by atoms with Gasteiger partial charge in [-0.15, -0.1) is 11.8 Å². The summed E-state index contributed by atoms with van der Waals surface area (Å²) in [6, 6.07) is -0.298. The van der Waals surface area contributed by atoms with E-state index in [2.05, 4.69) is 10.2 Å². The highest BCUT2D eigenvalue weighted by atomic mass is 32.2. The zero-order chi connectivity index (χ0) is 15.0. The summed E-state index contributed by atoms with van der Waals surface area (Å²) in [5.41, 5.74) is 0. The maximum absolute atomic E-state index is 12.5. The van der Waals surface area contributed by atoms with E-state index in [-0.39, 0.29) is 17.4 Å². The predicted molar refractivity (Wildman–Crippen MR) is 81.3 cm³/mol. The van der Waals surface area contributed by atoms with Crippen molar-refractivity contribution in [1.82, 2.24) is 15.1 Å². The van der Waals surface area contributed by atoms with Gasteiger partial charge in [-0.25, -0.2) is 9.59 Å². The van der Waals surface area contributed by atoms with Crippen molar-refractivity contribution in [2.45, 2.75) is 56.1 Å². The molecular weight excluding hydrogens is 290 g/mol. The van der Waals surface area contributed by atoms with Crippen LogP contribution in [-0.2, 0) is 4.79 Å². The summed E-state index contributed by atoms with van der Waals surface area (Å²) in [4.78, 5) is 27.8. The first kappa shape index (κ1) is 15.0. The van der Waals surface area contributed by atoms with Gasteiger partial charge in [-0.1, -0.05) is 6.42 Å². The Hall–Kier alpha value is -0.950. The van der Waals surface area contributed by atoms with E-state index in [1.807, 2.05) is 6.92 Å². The Morgan fingerprint density at radius 3 is 2.81 bits per heavy atom. The Bertz CT molecular complexity index is 434. The number of carboxylic acids is 1. The first-order valence-corrected chi connectivity index (χ1v) is 8.80. The number of thioether (sulfide) groups is 1. The van der Waals surface area contributed by atoms with Gasteiger partial charge in [0.05, 0.1) is 5.37 Å². The second kappa shape index (κ2) is 6.04. The van der Waals surface area contributed by atoms with Gasteiger partial charge in [0.25, 0.3) is 0 Å². The summed E-state index contributed by atoms with van der Waals surface area (Å²) in [5.74, 6) is -0.433. The van der Waals surface area contributed by atoms with Crippen LogP contribution in [0.4, 0.5) is 4.79 Å². The molecule has 2 amide bonds. The average Bonchev–Trinajstić information content (AvgIpc) is 3.03. The molecule has 0 aromatic heterocycles. The molecule has 3 rings (SSSR count). The van der Waals surface area contributed by atoms with Crippen molar-refractivity contribution >= 4 is 23.8 Å². The molecule has 7 heteroatoms. The lowest BCUT2D eigenvalue weighted by molar-refractivity contribution is -0.141. The molecule has 0 aromatic rings. The highest BCUT2D eigenvalue weighted by molar-refractivity contribution is 8.00. The summed E-state index contributed by atoms with van der Waals surface area (Å²) in [5, 5.41) is 12.3. The van der Waals surface area contributed by atoms with Crippen molar-refractivity contribution in [3.8, 4) is 0 Å². The topological polar surface area (TPSA) is 72.9 Å². The Morgan fingerprint density at radius 1 is 1.24 bits per heavy atom. The molecule has 4 unspecified atom stereocenters. The van der Waals surface area contributed by atoms with Crippen molar-refractivity contribution in [2.75, 3.05) is 18.8 Å². The fourth-order valence-electron chi connectivity index (χ4n) is 3.79. The molecule has 118 valence electrons. The lowest BCUT2D eigenvalue weighted by Crippen LogP contribution is -2.54. The third-order valence-electron chi connectivity index (χ3n) is 4.91. The predicted octanol–water partition coefficient (Wildman–Crippen LogP) is 1.17. The minimum absolute atomic E-state index is 0.0741. The molecule has 0 bridgehead atoms. The van der Waals surface area contributed by atoms with Crippen LogP contribution in [0.2, 0.25) is 0 Å². The number of piperidine rings is 1. The van der Waals surface area contributed by atoms with Crippen LogP contribution in [0.1, 0.15) is 32.6 Å². The molecule has 3 aliphatic heterocycles. The van der Waals surface area contributed by atoms with E-state index in [0.29, 0.717) is 11.8 Å². The van der Waals surface area contributed by atoms with Crippen LogP contribution in [0, 0.1) is 0 Å². The van der Waals surface area contributed by atoms with Gasteiger partial charge in [0.15, 0.2) is 0 Å². The van der Waals surface area contributed by atoms with Crippen LogP contribution < -0.4 is 5.32 Å². The Labute approximate surface area is 129 Å². The van der Waals surface area contributed by atoms with E-state index in [1.165, 1.54) is 29.5 Å². The maximum atomic E-state index is 12.5. The average molecular weight is 313 g/mol. The number of rotatable bonds is 2. The summed E-state index contributed by atoms with van der Waals surface area (Å²) >= 11 is 1.52. The number of fused-ring (bicyclic) bond motifs is 1. The molecule has 0 spiro atoms. The van der Waals surface area contributed by atoms with Crippen LogP contribution in [0.15, 0.2) is 0 Å². The molecule has 4 atom stereocenters. The van der Waals surface area contributed by atoms with E-state index < -0.39 is 12.0 Å². The van der Waals surface area contributed by atoms with Crippen molar-refractivity contribution < 1.29 is 14.7 Å². The molecule has 0 radical (unpaired) electrons. The van der Waals surface area contributed by atoms with Crippen molar-refractivity contribution in [2.24, 2.45) is 0 Å². The van der Waals surface area contributed by atoms with Crippen LogP contribution in [0.25, 0.3) is 0 Å². The van der Waals surface area contributed by atoms with Gasteiger partial charge in [-0.2, -0.15) is 0 Å². The fraction of sp³-hybridized carbons (Fsp3) is 0.857. The second-order valence-corrected chi connectivity index (χ2v) is 7.49. The summed E-state index contributed by atoms with van der Waals surface area (Å²) in [6.45, 7) is 4.07. The first-order chi connectivity index (χ1) is 10.1. The van der Waals surface area contributed by atoms with Crippen LogP contribution in [-0.4, -0.2) is 69.2 Å². The number of hydrogen-bond donors (Lipinski definition) is 2. The molecule has 0 aromatic carbocycles. The smallest absolute Gasteiger partial charge is 0.327 e. The molecule has 3 heterocycles. The van der Waals surface area contributed by atoms with Crippen molar-refractivity contribution in [3.63, 3.8) is 0 Å². The van der Waals surface area contributed by atoms with E-state index in [1.54, 1.807) is 0 Å². The number of urea groups is 1. The minimum atomic E-state index is -0.910. The van der Waals surface area contributed by atoms with Crippen LogP contribution in [0.5, 0.6) is 0 Å². The lowest BCUT2D eigenvalue weighted by Gasteiger charge is -2.34. The van der Waals surface area contributed by atoms with Gasteiger partial charge in [-0.05, 0) is 32.7 Å². The summed E-state index contributed by atoms with van der Waals surface area (Å²) < 4.78 is 0. The van der Waals surface area contributed by atoms with Gasteiger partial charge in [0.1, 0.15) is 6.04 Å². The van der Waals surface area contributed by atoms with Gasteiger partial charge >= 0.3 is 12.0 Å². The molecular formula is C14H23N3O3S. The molecule has 0 saturated carbocycles. The number of aliphatic carboxylic acids is 1. The van der Waals surface area contributed by atoms with E-state index in [4.69, 9.17) is 0 Å². The van der Waals surface area contributed by atoms with E-state index >= 15 is 0 Å². The molecule has 3 fully saturated rings. The third-order valence-corrected chi connectivity index (χ3v) is 6.12. The van der Waals surface area contributed by atoms with Crippen LogP contribution in [0.3, 0.4) is 0 Å². The zero-order valence-electron chi connectivity index (χ0n) is 12.3. The quantitative estimate of drug-likeness (QED) is 0.801. The number of hydrogen-bond acceptors (Lipinski definition) is 4. The minimum Gasteiger partial charge on any atom is -0.480 e. The standard InChI is InChI=1S/C14H23N3O3S/c1-9-17(12(8-21-9)13(18)19)14(20)15-10-5-7-16-6-3-2-4-11(10)16/h9-12H,2-8H2,1H3,(H,15,20)(H,18,19). The number of carbonyl (C=O) groups excluding carboxylic acids is 1. The highest BCUT2D eigenvalue weighted by Gasteiger charge is 2.42. The largest absolute Gasteiger partial charge is 0.480 e. The summed E-state index contributed by atoms with van der Waals surface area (Å²) in [6.07, 6.45) is 4.58. The SMILES string of the molecule is CC1SCC(C(=O)O)N1C(=O)NC1CCN2CCCCC12. The van der Waals surface area contributed by atoms with Gasteiger partial charge < -0.3 is 10.4 Å². The van der Waals surface area contributed by atoms with Gasteiger partial charge in [0.2, 0.25) is 0 Å². The highest BCUT2D eigenvalue weighted by Crippen LogP contribution is 2.30. The number of carboxylic acid groups (broad SMARTS) is 1. The zero-order valence-corrected chi connectivity index (χ0v) is 13.1. The molecule has 21 heavy (non-hydrogen) atoms. The van der Waals surface area contributed by atoms with Crippen molar-refractivity contribution in [1.29, 1.82) is 0 Å². The summed E-state index contributed by atoms with van der Waals surface area (Å²) in [7, 11) is 0. The molecule has 2 N–H and O–H groups in total. The number of amides is 2. The molecule has 3 aliphatic rings. The van der Waals surface area contributed by atoms with Gasteiger partial charge in [0, 0.05) is 24.4 Å². The van der Waals surface area contributed by atoms with Crippen LogP contribution >= 0.6 is 11.8 Å². The number of nitrogens with zero attached hydrogens (tertiary/aromatic N) is 2. The normalized spacial score (nSPS) is 36.5. The molecule has 6 nitrogen and oxygen atoms in total. The third kappa shape index (κ3) is 2.85. The van der Waals surface area contributed by atoms with E-state index in [9.17, 15) is 14.7 Å². The monoisotopic (exact) mass is 313 g/mol. The van der Waals surface area contributed by atoms with E-state index in [0.717, 1.165) is 25.9 Å². The van der Waals surface area contributed by atoms with Crippen molar-refractivity contribution in [3.05, 3.63) is 0 Å². The van der Waals surface area contributed by atoms with Gasteiger partial charge in [-0.3, -0.25) is 9.80 Å². The molecule has 0 aliphatic carbocycles.